The van der Waals surface area contributed by atoms with Gasteiger partial charge in [-0.2, -0.15) is 0 Å². The Hall–Kier alpha value is -2.99. The third-order valence-corrected chi connectivity index (χ3v) is 5.39. The van der Waals surface area contributed by atoms with Crippen molar-refractivity contribution in [3.8, 4) is 23.0 Å². The maximum atomic E-state index is 12.9. The van der Waals surface area contributed by atoms with Gasteiger partial charge in [0.05, 0.1) is 14.2 Å². The van der Waals surface area contributed by atoms with E-state index in [4.69, 9.17) is 18.9 Å². The van der Waals surface area contributed by atoms with E-state index in [-0.39, 0.29) is 12.6 Å². The van der Waals surface area contributed by atoms with Crippen LogP contribution in [-0.2, 0) is 5.60 Å². The van der Waals surface area contributed by atoms with Crippen molar-refractivity contribution in [1.82, 2.24) is 0 Å². The first kappa shape index (κ1) is 17.4. The van der Waals surface area contributed by atoms with Crippen LogP contribution in [0.15, 0.2) is 41.5 Å². The van der Waals surface area contributed by atoms with E-state index in [1.807, 2.05) is 0 Å². The van der Waals surface area contributed by atoms with Gasteiger partial charge >= 0.3 is 0 Å². The van der Waals surface area contributed by atoms with Crippen molar-refractivity contribution in [2.24, 2.45) is 0 Å². The van der Waals surface area contributed by atoms with Crippen molar-refractivity contribution in [3.05, 3.63) is 58.2 Å². The fourth-order valence-electron chi connectivity index (χ4n) is 3.71. The highest BCUT2D eigenvalue weighted by molar-refractivity contribution is 6.12. The summed E-state index contributed by atoms with van der Waals surface area (Å²) >= 11 is 0. The van der Waals surface area contributed by atoms with Crippen molar-refractivity contribution >= 4 is 5.78 Å². The van der Waals surface area contributed by atoms with Crippen LogP contribution in [-0.4, -0.2) is 31.9 Å². The maximum absolute atomic E-state index is 12.9. The van der Waals surface area contributed by atoms with Gasteiger partial charge in [0.25, 0.3) is 0 Å². The molecule has 140 valence electrons. The number of benzene rings is 2. The molecule has 27 heavy (non-hydrogen) atoms. The fourth-order valence-corrected chi connectivity index (χ4v) is 3.71. The molecule has 0 saturated carbocycles. The molecule has 4 rings (SSSR count). The Labute approximate surface area is 156 Å². The molecule has 1 aliphatic heterocycles. The summed E-state index contributed by atoms with van der Waals surface area (Å²) in [5.41, 5.74) is 0.974. The lowest BCUT2D eigenvalue weighted by Crippen LogP contribution is -2.36. The summed E-state index contributed by atoms with van der Waals surface area (Å²) in [4.78, 5) is 12.9. The molecule has 0 aromatic heterocycles. The summed E-state index contributed by atoms with van der Waals surface area (Å²) < 4.78 is 21.6. The van der Waals surface area contributed by atoms with E-state index >= 15 is 0 Å². The molecule has 0 saturated heterocycles. The van der Waals surface area contributed by atoms with Gasteiger partial charge in [0.15, 0.2) is 28.8 Å². The number of aliphatic hydroxyl groups is 1. The standard InChI is InChI=1S/C21H20O6/c1-11-12(2)21(23,13-5-6-16-19(7-13)27-10-26-16)15-9-18(25-4)17(24-3)8-14(15)20(11)22/h5-9,23H,10H2,1-4H3/t21-/m0/s1. The lowest BCUT2D eigenvalue weighted by Gasteiger charge is -2.37. The van der Waals surface area contributed by atoms with Crippen LogP contribution in [0, 0.1) is 0 Å². The SMILES string of the molecule is COc1cc2c(cc1OC)[C@@](O)(c1ccc3c(c1)OCO3)C(C)=C(C)C2=O. The smallest absolute Gasteiger partial charge is 0.231 e. The third kappa shape index (κ3) is 2.33. The van der Waals surface area contributed by atoms with Crippen LogP contribution in [0.4, 0.5) is 0 Å². The monoisotopic (exact) mass is 368 g/mol. The van der Waals surface area contributed by atoms with Crippen molar-refractivity contribution < 1.29 is 28.8 Å². The summed E-state index contributed by atoms with van der Waals surface area (Å²) in [5.74, 6) is 1.92. The summed E-state index contributed by atoms with van der Waals surface area (Å²) in [6.45, 7) is 3.62. The second kappa shape index (κ2) is 6.03. The molecule has 0 spiro atoms. The highest BCUT2D eigenvalue weighted by Crippen LogP contribution is 2.48. The molecule has 1 aliphatic carbocycles. The minimum absolute atomic E-state index is 0.144. The first-order valence-electron chi connectivity index (χ1n) is 8.53. The number of allylic oxidation sites excluding steroid dienone is 1. The molecule has 2 aromatic carbocycles. The Morgan fingerprint density at radius 3 is 2.37 bits per heavy atom. The lowest BCUT2D eigenvalue weighted by molar-refractivity contribution is 0.0933. The minimum Gasteiger partial charge on any atom is -0.493 e. The van der Waals surface area contributed by atoms with Gasteiger partial charge in [-0.05, 0) is 54.8 Å². The van der Waals surface area contributed by atoms with E-state index in [0.29, 0.717) is 50.8 Å². The van der Waals surface area contributed by atoms with Gasteiger partial charge in [0, 0.05) is 11.1 Å². The number of ketones is 1. The quantitative estimate of drug-likeness (QED) is 0.897. The van der Waals surface area contributed by atoms with E-state index in [2.05, 4.69) is 0 Å². The fraction of sp³-hybridized carbons (Fsp3) is 0.286. The number of carbonyl (C=O) groups excluding carboxylic acids is 1. The molecule has 2 aliphatic rings. The topological polar surface area (TPSA) is 74.2 Å². The van der Waals surface area contributed by atoms with Crippen LogP contribution in [0.25, 0.3) is 0 Å². The highest BCUT2D eigenvalue weighted by Gasteiger charge is 2.44. The van der Waals surface area contributed by atoms with Crippen LogP contribution in [0.1, 0.15) is 35.3 Å². The normalized spacial score (nSPS) is 20.6. The Morgan fingerprint density at radius 1 is 1.00 bits per heavy atom. The molecule has 0 fully saturated rings. The molecule has 0 radical (unpaired) electrons. The second-order valence-corrected chi connectivity index (χ2v) is 6.61. The predicted molar refractivity (Wildman–Crippen MR) is 97.8 cm³/mol. The molecule has 2 aromatic rings. The first-order chi connectivity index (χ1) is 12.9. The van der Waals surface area contributed by atoms with Crippen LogP contribution < -0.4 is 18.9 Å². The number of ether oxygens (including phenoxy) is 4. The zero-order chi connectivity index (χ0) is 19.3. The molecule has 6 heteroatoms. The average Bonchev–Trinajstić information content (AvgIpc) is 3.17. The number of hydrogen-bond acceptors (Lipinski definition) is 6. The van der Waals surface area contributed by atoms with Gasteiger partial charge in [0.2, 0.25) is 6.79 Å². The Kier molecular flexibility index (Phi) is 3.89. The molecule has 0 amide bonds. The first-order valence-corrected chi connectivity index (χ1v) is 8.53. The largest absolute Gasteiger partial charge is 0.493 e. The van der Waals surface area contributed by atoms with Crippen LogP contribution in [0.3, 0.4) is 0 Å². The Bertz CT molecular complexity index is 990. The van der Waals surface area contributed by atoms with E-state index in [0.717, 1.165) is 0 Å². The Morgan fingerprint density at radius 2 is 1.67 bits per heavy atom. The van der Waals surface area contributed by atoms with Crippen molar-refractivity contribution in [2.45, 2.75) is 19.4 Å². The van der Waals surface area contributed by atoms with Crippen LogP contribution in [0.5, 0.6) is 23.0 Å². The predicted octanol–water partition coefficient (Wildman–Crippen LogP) is 3.20. The van der Waals surface area contributed by atoms with Gasteiger partial charge in [-0.1, -0.05) is 6.07 Å². The maximum Gasteiger partial charge on any atom is 0.231 e. The summed E-state index contributed by atoms with van der Waals surface area (Å²) in [5, 5.41) is 11.9. The van der Waals surface area contributed by atoms with E-state index in [1.165, 1.54) is 14.2 Å². The molecule has 1 N–H and O–H groups in total. The zero-order valence-electron chi connectivity index (χ0n) is 15.6. The van der Waals surface area contributed by atoms with E-state index in [1.54, 1.807) is 44.2 Å². The second-order valence-electron chi connectivity index (χ2n) is 6.61. The van der Waals surface area contributed by atoms with E-state index < -0.39 is 5.60 Å². The van der Waals surface area contributed by atoms with Gasteiger partial charge in [-0.15, -0.1) is 0 Å². The van der Waals surface area contributed by atoms with Gasteiger partial charge < -0.3 is 24.1 Å². The third-order valence-electron chi connectivity index (χ3n) is 5.39. The van der Waals surface area contributed by atoms with Crippen LogP contribution >= 0.6 is 0 Å². The molecule has 0 unspecified atom stereocenters. The number of fused-ring (bicyclic) bond motifs is 2. The highest BCUT2D eigenvalue weighted by atomic mass is 16.7. The van der Waals surface area contributed by atoms with E-state index in [9.17, 15) is 9.90 Å². The molecule has 6 nitrogen and oxygen atoms in total. The van der Waals surface area contributed by atoms with Crippen molar-refractivity contribution in [2.75, 3.05) is 21.0 Å². The van der Waals surface area contributed by atoms with Crippen LogP contribution in [0.2, 0.25) is 0 Å². The average molecular weight is 368 g/mol. The summed E-state index contributed by atoms with van der Waals surface area (Å²) in [6, 6.07) is 8.56. The zero-order valence-corrected chi connectivity index (χ0v) is 15.6. The number of hydrogen-bond donors (Lipinski definition) is 1. The number of rotatable bonds is 3. The summed E-state index contributed by atoms with van der Waals surface area (Å²) in [7, 11) is 3.03. The van der Waals surface area contributed by atoms with Gasteiger partial charge in [-0.3, -0.25) is 4.79 Å². The molecule has 1 atom stereocenters. The van der Waals surface area contributed by atoms with Gasteiger partial charge in [-0.25, -0.2) is 0 Å². The molecule has 0 bridgehead atoms. The van der Waals surface area contributed by atoms with Crippen molar-refractivity contribution in [3.63, 3.8) is 0 Å². The summed E-state index contributed by atoms with van der Waals surface area (Å²) in [6.07, 6.45) is 0. The minimum atomic E-state index is -1.51. The van der Waals surface area contributed by atoms with Crippen molar-refractivity contribution in [1.29, 1.82) is 0 Å². The number of methoxy groups -OCH3 is 2. The van der Waals surface area contributed by atoms with Gasteiger partial charge in [0.1, 0.15) is 5.60 Å². The molecular weight excluding hydrogens is 348 g/mol. The Balaban J connectivity index is 2.01. The lowest BCUT2D eigenvalue weighted by atomic mass is 9.71. The number of Topliss-reactive ketones (excluding diaryl/α,β-unsaturated/α-hetero) is 1. The number of carbonyl (C=O) groups is 1. The molecule has 1 heterocycles. The molecular formula is C21H20O6.